The van der Waals surface area contributed by atoms with E-state index >= 15 is 0 Å². The Kier molecular flexibility index (Phi) is 9.12. The number of Topliss-reactive ketones (excluding diaryl/α,β-unsaturated/α-hetero) is 1. The highest BCUT2D eigenvalue weighted by atomic mass is 19.4. The summed E-state index contributed by atoms with van der Waals surface area (Å²) in [6.45, 7) is 5.66. The quantitative estimate of drug-likeness (QED) is 0.371. The number of hydrogen-bond acceptors (Lipinski definition) is 5. The summed E-state index contributed by atoms with van der Waals surface area (Å²) in [5, 5.41) is 16.8. The molecule has 0 atom stereocenters. The van der Waals surface area contributed by atoms with Crippen molar-refractivity contribution in [2.24, 2.45) is 11.8 Å². The van der Waals surface area contributed by atoms with Gasteiger partial charge >= 0.3 is 6.18 Å². The first-order valence-electron chi connectivity index (χ1n) is 12.3. The summed E-state index contributed by atoms with van der Waals surface area (Å²) >= 11 is 0. The average molecular weight is 477 g/mol. The van der Waals surface area contributed by atoms with Crippen molar-refractivity contribution in [1.82, 2.24) is 4.90 Å². The number of nitrogens with one attached hydrogen (secondary N) is 1. The van der Waals surface area contributed by atoms with Crippen molar-refractivity contribution in [3.8, 4) is 6.07 Å². The number of rotatable bonds is 9. The summed E-state index contributed by atoms with van der Waals surface area (Å²) in [5.41, 5.74) is 0.670. The maximum absolute atomic E-state index is 13.2. The van der Waals surface area contributed by atoms with Crippen molar-refractivity contribution in [2.45, 2.75) is 64.5 Å². The number of unbranched alkanes of at least 4 members (excludes halogenated alkanes) is 1. The number of hydrogen-bond donors (Lipinski definition) is 1. The van der Waals surface area contributed by atoms with E-state index in [1.807, 2.05) is 6.07 Å². The van der Waals surface area contributed by atoms with Gasteiger partial charge in [0, 0.05) is 50.6 Å². The predicted octanol–water partition coefficient (Wildman–Crippen LogP) is 5.62. The molecule has 1 saturated carbocycles. The fourth-order valence-corrected chi connectivity index (χ4v) is 5.28. The van der Waals surface area contributed by atoms with Crippen LogP contribution in [0.1, 0.15) is 62.5 Å². The number of anilines is 1. The number of carbonyl (C=O) groups excluding carboxylic acids is 1. The Labute approximate surface area is 200 Å². The first kappa shape index (κ1) is 26.2. The van der Waals surface area contributed by atoms with Gasteiger partial charge in [-0.15, -0.1) is 0 Å². The van der Waals surface area contributed by atoms with Crippen LogP contribution in [0.4, 0.5) is 18.9 Å². The van der Waals surface area contributed by atoms with Gasteiger partial charge in [-0.05, 0) is 75.6 Å². The van der Waals surface area contributed by atoms with E-state index in [2.05, 4.69) is 9.80 Å². The largest absolute Gasteiger partial charge is 0.416 e. The molecule has 0 amide bonds. The van der Waals surface area contributed by atoms with Crippen LogP contribution in [0.2, 0.25) is 0 Å². The first-order chi connectivity index (χ1) is 16.2. The lowest BCUT2D eigenvalue weighted by molar-refractivity contribution is -0.138. The van der Waals surface area contributed by atoms with Crippen LogP contribution in [0.3, 0.4) is 0 Å². The van der Waals surface area contributed by atoms with Crippen LogP contribution in [-0.4, -0.2) is 49.1 Å². The van der Waals surface area contributed by atoms with Crippen LogP contribution in [0.5, 0.6) is 0 Å². The van der Waals surface area contributed by atoms with Crippen molar-refractivity contribution in [1.29, 1.82) is 10.7 Å². The number of alkyl halides is 3. The van der Waals surface area contributed by atoms with E-state index in [0.717, 1.165) is 70.9 Å². The smallest absolute Gasteiger partial charge is 0.369 e. The van der Waals surface area contributed by atoms with Crippen LogP contribution in [0.15, 0.2) is 18.2 Å². The third kappa shape index (κ3) is 6.82. The number of nitrogens with zero attached hydrogens (tertiary/aromatic N) is 3. The third-order valence-corrected chi connectivity index (χ3v) is 7.42. The molecule has 2 aliphatic rings. The van der Waals surface area contributed by atoms with Crippen LogP contribution >= 0.6 is 0 Å². The standard InChI is InChI=1S/C26H35F3N4O/c1-19-22(26(27,28)29)5-4-6-23(19)33-17-15-32(16-18-33)14-12-20-8-10-21(11-9-20)25(31)24(34)7-2-3-13-30/h4-6,20-21,31H,2-3,7-12,14-18H2,1H3. The fourth-order valence-electron chi connectivity index (χ4n) is 5.28. The van der Waals surface area contributed by atoms with E-state index in [4.69, 9.17) is 10.7 Å². The van der Waals surface area contributed by atoms with E-state index in [1.165, 1.54) is 6.07 Å². The Morgan fingerprint density at radius 1 is 1.15 bits per heavy atom. The zero-order valence-corrected chi connectivity index (χ0v) is 20.0. The summed E-state index contributed by atoms with van der Waals surface area (Å²) in [7, 11) is 0. The number of piperazine rings is 1. The number of benzene rings is 1. The molecule has 1 aromatic carbocycles. The first-order valence-corrected chi connectivity index (χ1v) is 12.3. The van der Waals surface area contributed by atoms with Crippen molar-refractivity contribution >= 4 is 17.2 Å². The lowest BCUT2D eigenvalue weighted by Crippen LogP contribution is -2.47. The molecule has 8 heteroatoms. The molecule has 0 unspecified atom stereocenters. The van der Waals surface area contributed by atoms with Crippen LogP contribution in [0.25, 0.3) is 0 Å². The monoisotopic (exact) mass is 476 g/mol. The number of carbonyl (C=O) groups is 1. The molecular formula is C26H35F3N4O. The van der Waals surface area contributed by atoms with Gasteiger partial charge in [0.25, 0.3) is 0 Å². The molecule has 0 radical (unpaired) electrons. The lowest BCUT2D eigenvalue weighted by Gasteiger charge is -2.38. The van der Waals surface area contributed by atoms with E-state index in [-0.39, 0.29) is 17.4 Å². The molecule has 1 aliphatic carbocycles. The number of ketones is 1. The molecule has 1 aromatic rings. The Hall–Kier alpha value is -2.40. The van der Waals surface area contributed by atoms with Gasteiger partial charge in [-0.1, -0.05) is 6.07 Å². The minimum atomic E-state index is -4.33. The molecule has 1 saturated heterocycles. The Morgan fingerprint density at radius 3 is 2.44 bits per heavy atom. The zero-order valence-electron chi connectivity index (χ0n) is 20.0. The average Bonchev–Trinajstić information content (AvgIpc) is 2.82. The Bertz CT molecular complexity index is 892. The summed E-state index contributed by atoms with van der Waals surface area (Å²) in [6, 6.07) is 6.46. The second kappa shape index (κ2) is 11.8. The number of nitriles is 1. The van der Waals surface area contributed by atoms with Gasteiger partial charge < -0.3 is 10.3 Å². The normalized spacial score (nSPS) is 21.8. The van der Waals surface area contributed by atoms with Gasteiger partial charge in [0.15, 0.2) is 5.78 Å². The molecule has 0 spiro atoms. The van der Waals surface area contributed by atoms with Crippen molar-refractivity contribution in [3.05, 3.63) is 29.3 Å². The van der Waals surface area contributed by atoms with Gasteiger partial charge in [0.2, 0.25) is 0 Å². The van der Waals surface area contributed by atoms with Gasteiger partial charge in [0.1, 0.15) is 0 Å². The van der Waals surface area contributed by atoms with E-state index in [1.54, 1.807) is 13.0 Å². The van der Waals surface area contributed by atoms with Crippen molar-refractivity contribution in [2.75, 3.05) is 37.6 Å². The minimum Gasteiger partial charge on any atom is -0.369 e. The molecule has 2 fully saturated rings. The topological polar surface area (TPSA) is 71.2 Å². The zero-order chi connectivity index (χ0) is 24.7. The molecule has 34 heavy (non-hydrogen) atoms. The second-order valence-electron chi connectivity index (χ2n) is 9.63. The molecule has 5 nitrogen and oxygen atoms in total. The molecule has 0 aromatic heterocycles. The van der Waals surface area contributed by atoms with Crippen LogP contribution < -0.4 is 4.90 Å². The maximum atomic E-state index is 13.2. The number of halogens is 3. The maximum Gasteiger partial charge on any atom is 0.416 e. The van der Waals surface area contributed by atoms with Crippen LogP contribution in [-0.2, 0) is 11.0 Å². The summed E-state index contributed by atoms with van der Waals surface area (Å²) in [5.74, 6) is 0.555. The van der Waals surface area contributed by atoms with E-state index in [0.29, 0.717) is 36.4 Å². The van der Waals surface area contributed by atoms with Gasteiger partial charge in [-0.25, -0.2) is 0 Å². The Morgan fingerprint density at radius 2 is 1.82 bits per heavy atom. The summed E-state index contributed by atoms with van der Waals surface area (Å²) < 4.78 is 39.7. The van der Waals surface area contributed by atoms with Gasteiger partial charge in [-0.2, -0.15) is 18.4 Å². The molecular weight excluding hydrogens is 441 g/mol. The third-order valence-electron chi connectivity index (χ3n) is 7.42. The highest BCUT2D eigenvalue weighted by Gasteiger charge is 2.34. The molecule has 1 aliphatic heterocycles. The van der Waals surface area contributed by atoms with E-state index in [9.17, 15) is 18.0 Å². The molecule has 0 bridgehead atoms. The van der Waals surface area contributed by atoms with Crippen molar-refractivity contribution < 1.29 is 18.0 Å². The molecule has 1 N–H and O–H groups in total. The second-order valence-corrected chi connectivity index (χ2v) is 9.63. The predicted molar refractivity (Wildman–Crippen MR) is 127 cm³/mol. The lowest BCUT2D eigenvalue weighted by atomic mass is 9.77. The van der Waals surface area contributed by atoms with Gasteiger partial charge in [-0.3, -0.25) is 9.69 Å². The summed E-state index contributed by atoms with van der Waals surface area (Å²) in [4.78, 5) is 16.6. The van der Waals surface area contributed by atoms with Crippen molar-refractivity contribution in [3.63, 3.8) is 0 Å². The molecule has 3 rings (SSSR count). The van der Waals surface area contributed by atoms with Gasteiger partial charge in [0.05, 0.1) is 17.3 Å². The highest BCUT2D eigenvalue weighted by molar-refractivity contribution is 6.39. The highest BCUT2D eigenvalue weighted by Crippen LogP contribution is 2.36. The van der Waals surface area contributed by atoms with E-state index < -0.39 is 11.7 Å². The SMILES string of the molecule is Cc1c(N2CCN(CCC3CCC(C(=N)C(=O)CCCC#N)CC3)CC2)cccc1C(F)(F)F. The molecule has 1 heterocycles. The summed E-state index contributed by atoms with van der Waals surface area (Å²) in [6.07, 6.45) is 1.78. The van der Waals surface area contributed by atoms with Crippen LogP contribution in [0, 0.1) is 35.5 Å². The molecule has 186 valence electrons. The Balaban J connectivity index is 1.39. The fraction of sp³-hybridized carbons (Fsp3) is 0.654. The minimum absolute atomic E-state index is 0.0603.